The summed E-state index contributed by atoms with van der Waals surface area (Å²) in [5.41, 5.74) is 9.55. The lowest BCUT2D eigenvalue weighted by molar-refractivity contribution is -0.136. The first-order valence-electron chi connectivity index (χ1n) is 9.21. The van der Waals surface area contributed by atoms with Crippen molar-refractivity contribution in [3.63, 3.8) is 0 Å². The Labute approximate surface area is 151 Å². The van der Waals surface area contributed by atoms with Crippen molar-refractivity contribution in [2.75, 3.05) is 13.1 Å². The van der Waals surface area contributed by atoms with Gasteiger partial charge in [-0.3, -0.25) is 9.59 Å². The molecule has 1 fully saturated rings. The van der Waals surface area contributed by atoms with Crippen LogP contribution < -0.4 is 11.1 Å². The highest BCUT2D eigenvalue weighted by Gasteiger charge is 2.29. The molecule has 0 aliphatic carbocycles. The lowest BCUT2D eigenvalue weighted by Gasteiger charge is -2.37. The fourth-order valence-corrected chi connectivity index (χ4v) is 3.37. The fourth-order valence-electron chi connectivity index (χ4n) is 3.37. The van der Waals surface area contributed by atoms with Crippen LogP contribution >= 0.6 is 0 Å². The van der Waals surface area contributed by atoms with E-state index >= 15 is 0 Å². The first-order valence-corrected chi connectivity index (χ1v) is 9.21. The third-order valence-electron chi connectivity index (χ3n) is 5.26. The SMILES string of the molecule is Cc1cccc(C2CCCCN2C(=O)CNC(=O)[C@@H](N)C(C)C)c1C. The van der Waals surface area contributed by atoms with E-state index in [9.17, 15) is 9.59 Å². The molecule has 138 valence electrons. The van der Waals surface area contributed by atoms with E-state index in [0.29, 0.717) is 0 Å². The highest BCUT2D eigenvalue weighted by molar-refractivity contribution is 5.87. The number of nitrogens with one attached hydrogen (secondary N) is 1. The highest BCUT2D eigenvalue weighted by Crippen LogP contribution is 2.33. The molecular formula is C20H31N3O2. The third kappa shape index (κ3) is 4.60. The number of nitrogens with zero attached hydrogens (tertiary/aromatic N) is 1. The molecule has 0 aromatic heterocycles. The van der Waals surface area contributed by atoms with Gasteiger partial charge in [0.1, 0.15) is 0 Å². The molecule has 1 saturated heterocycles. The van der Waals surface area contributed by atoms with E-state index in [-0.39, 0.29) is 30.3 Å². The summed E-state index contributed by atoms with van der Waals surface area (Å²) in [5.74, 6) is -0.244. The molecule has 1 unspecified atom stereocenters. The Morgan fingerprint density at radius 2 is 2.00 bits per heavy atom. The summed E-state index contributed by atoms with van der Waals surface area (Å²) in [4.78, 5) is 26.7. The summed E-state index contributed by atoms with van der Waals surface area (Å²) in [6, 6.07) is 5.78. The smallest absolute Gasteiger partial charge is 0.242 e. The maximum absolute atomic E-state index is 12.7. The van der Waals surface area contributed by atoms with Crippen molar-refractivity contribution in [2.24, 2.45) is 11.7 Å². The molecule has 0 saturated carbocycles. The summed E-state index contributed by atoms with van der Waals surface area (Å²) < 4.78 is 0. The molecule has 1 aromatic rings. The first-order chi connectivity index (χ1) is 11.8. The Balaban J connectivity index is 2.08. The minimum absolute atomic E-state index is 0.0145. The average molecular weight is 345 g/mol. The van der Waals surface area contributed by atoms with Crippen LogP contribution in [0.1, 0.15) is 55.8 Å². The molecule has 2 rings (SSSR count). The predicted octanol–water partition coefficient (Wildman–Crippen LogP) is 2.46. The van der Waals surface area contributed by atoms with Gasteiger partial charge in [0, 0.05) is 6.54 Å². The van der Waals surface area contributed by atoms with Gasteiger partial charge < -0.3 is 16.0 Å². The molecule has 1 aliphatic rings. The van der Waals surface area contributed by atoms with Crippen molar-refractivity contribution < 1.29 is 9.59 Å². The Morgan fingerprint density at radius 1 is 1.28 bits per heavy atom. The largest absolute Gasteiger partial charge is 0.346 e. The van der Waals surface area contributed by atoms with Crippen LogP contribution in [0.3, 0.4) is 0 Å². The lowest BCUT2D eigenvalue weighted by atomic mass is 9.90. The molecule has 0 bridgehead atoms. The van der Waals surface area contributed by atoms with E-state index in [2.05, 4.69) is 37.4 Å². The van der Waals surface area contributed by atoms with Gasteiger partial charge in [0.25, 0.3) is 0 Å². The number of hydrogen-bond acceptors (Lipinski definition) is 3. The maximum atomic E-state index is 12.7. The molecule has 1 aliphatic heterocycles. The van der Waals surface area contributed by atoms with Crippen LogP contribution in [-0.4, -0.2) is 35.8 Å². The molecule has 0 spiro atoms. The summed E-state index contributed by atoms with van der Waals surface area (Å²) >= 11 is 0. The van der Waals surface area contributed by atoms with Gasteiger partial charge >= 0.3 is 0 Å². The number of carbonyl (C=O) groups is 2. The second-order valence-corrected chi connectivity index (χ2v) is 7.38. The van der Waals surface area contributed by atoms with Gasteiger partial charge in [-0.2, -0.15) is 0 Å². The van der Waals surface area contributed by atoms with Gasteiger partial charge in [-0.05, 0) is 55.7 Å². The minimum atomic E-state index is -0.580. The second-order valence-electron chi connectivity index (χ2n) is 7.38. The number of hydrogen-bond donors (Lipinski definition) is 2. The van der Waals surface area contributed by atoms with Crippen LogP contribution in [0.15, 0.2) is 18.2 Å². The van der Waals surface area contributed by atoms with Crippen LogP contribution in [-0.2, 0) is 9.59 Å². The third-order valence-corrected chi connectivity index (χ3v) is 5.26. The van der Waals surface area contributed by atoms with Gasteiger partial charge in [0.2, 0.25) is 11.8 Å². The quantitative estimate of drug-likeness (QED) is 0.861. The van der Waals surface area contributed by atoms with Crippen molar-refractivity contribution >= 4 is 11.8 Å². The maximum Gasteiger partial charge on any atom is 0.242 e. The number of carbonyl (C=O) groups excluding carboxylic acids is 2. The fraction of sp³-hybridized carbons (Fsp3) is 0.600. The van der Waals surface area contributed by atoms with Crippen LogP contribution in [0.4, 0.5) is 0 Å². The van der Waals surface area contributed by atoms with Gasteiger partial charge in [-0.25, -0.2) is 0 Å². The molecular weight excluding hydrogens is 314 g/mol. The van der Waals surface area contributed by atoms with E-state index in [0.717, 1.165) is 25.8 Å². The molecule has 2 amide bonds. The van der Waals surface area contributed by atoms with E-state index in [1.165, 1.54) is 16.7 Å². The molecule has 3 N–H and O–H groups in total. The second kappa shape index (κ2) is 8.48. The number of piperidine rings is 1. The zero-order chi connectivity index (χ0) is 18.6. The van der Waals surface area contributed by atoms with Crippen molar-refractivity contribution in [1.82, 2.24) is 10.2 Å². The number of amides is 2. The molecule has 0 radical (unpaired) electrons. The van der Waals surface area contributed by atoms with Gasteiger partial charge in [0.05, 0.1) is 18.6 Å². The first kappa shape index (κ1) is 19.4. The van der Waals surface area contributed by atoms with Crippen molar-refractivity contribution in [3.05, 3.63) is 34.9 Å². The van der Waals surface area contributed by atoms with Gasteiger partial charge in [-0.15, -0.1) is 0 Å². The van der Waals surface area contributed by atoms with Crippen LogP contribution in [0.2, 0.25) is 0 Å². The standard InChI is InChI=1S/C20H31N3O2/c1-13(2)19(21)20(25)22-12-18(24)23-11-6-5-10-17(23)16-9-7-8-14(3)15(16)4/h7-9,13,17,19H,5-6,10-12,21H2,1-4H3,(H,22,25)/t17?,19-/m0/s1. The summed E-state index contributed by atoms with van der Waals surface area (Å²) in [5, 5.41) is 2.70. The van der Waals surface area contributed by atoms with E-state index in [4.69, 9.17) is 5.73 Å². The van der Waals surface area contributed by atoms with Crippen molar-refractivity contribution in [1.29, 1.82) is 0 Å². The van der Waals surface area contributed by atoms with Gasteiger partial charge in [0.15, 0.2) is 0 Å². The molecule has 5 nitrogen and oxygen atoms in total. The number of nitrogens with two attached hydrogens (primary N) is 1. The van der Waals surface area contributed by atoms with Crippen molar-refractivity contribution in [3.8, 4) is 0 Å². The molecule has 1 heterocycles. The Bertz CT molecular complexity index is 627. The zero-order valence-electron chi connectivity index (χ0n) is 15.8. The van der Waals surface area contributed by atoms with E-state index in [1.807, 2.05) is 18.7 Å². The van der Waals surface area contributed by atoms with Crippen molar-refractivity contribution in [2.45, 2.75) is 59.0 Å². The molecule has 1 aromatic carbocycles. The van der Waals surface area contributed by atoms with E-state index < -0.39 is 6.04 Å². The predicted molar refractivity (Wildman–Crippen MR) is 100 cm³/mol. The molecule has 5 heteroatoms. The van der Waals surface area contributed by atoms with Crippen LogP contribution in [0, 0.1) is 19.8 Å². The zero-order valence-corrected chi connectivity index (χ0v) is 15.8. The van der Waals surface area contributed by atoms with E-state index in [1.54, 1.807) is 0 Å². The number of rotatable bonds is 5. The Morgan fingerprint density at radius 3 is 2.68 bits per heavy atom. The summed E-state index contributed by atoms with van der Waals surface area (Å²) in [6.07, 6.45) is 3.09. The Kier molecular flexibility index (Phi) is 6.59. The normalized spacial score (nSPS) is 19.0. The Hall–Kier alpha value is -1.88. The minimum Gasteiger partial charge on any atom is -0.346 e. The average Bonchev–Trinajstić information content (AvgIpc) is 2.61. The van der Waals surface area contributed by atoms with Gasteiger partial charge in [-0.1, -0.05) is 32.0 Å². The number of aryl methyl sites for hydroxylation is 1. The lowest BCUT2D eigenvalue weighted by Crippen LogP contribution is -2.49. The summed E-state index contributed by atoms with van der Waals surface area (Å²) in [7, 11) is 0. The number of likely N-dealkylation sites (tertiary alicyclic amines) is 1. The topological polar surface area (TPSA) is 75.4 Å². The molecule has 25 heavy (non-hydrogen) atoms. The van der Waals surface area contributed by atoms with Crippen LogP contribution in [0.25, 0.3) is 0 Å². The highest BCUT2D eigenvalue weighted by atomic mass is 16.2. The summed E-state index contributed by atoms with van der Waals surface area (Å²) in [6.45, 7) is 8.76. The monoisotopic (exact) mass is 345 g/mol. The molecule has 2 atom stereocenters. The number of benzene rings is 1. The van der Waals surface area contributed by atoms with Crippen LogP contribution in [0.5, 0.6) is 0 Å².